The minimum atomic E-state index is -0.303. The van der Waals surface area contributed by atoms with Crippen molar-refractivity contribution < 1.29 is 9.90 Å². The minimum Gasteiger partial charge on any atom is -0.393 e. The molecule has 1 aliphatic rings. The lowest BCUT2D eigenvalue weighted by Crippen LogP contribution is -2.43. The van der Waals surface area contributed by atoms with E-state index in [1.165, 1.54) is 5.56 Å². The van der Waals surface area contributed by atoms with Crippen LogP contribution in [0.15, 0.2) is 42.7 Å². The number of nitrogens with zero attached hydrogens (tertiary/aromatic N) is 3. The smallest absolute Gasteiger partial charge is 0.321 e. The molecule has 1 aromatic carbocycles. The van der Waals surface area contributed by atoms with Crippen LogP contribution < -0.4 is 5.32 Å². The molecule has 1 aromatic heterocycles. The maximum Gasteiger partial charge on any atom is 0.321 e. The lowest BCUT2D eigenvalue weighted by molar-refractivity contribution is 0.0626. The van der Waals surface area contributed by atoms with Crippen LogP contribution >= 0.6 is 0 Å². The van der Waals surface area contributed by atoms with Crippen molar-refractivity contribution in [3.63, 3.8) is 0 Å². The topological polar surface area (TPSA) is 70.4 Å². The first-order valence-corrected chi connectivity index (χ1v) is 9.46. The zero-order valence-corrected chi connectivity index (χ0v) is 15.3. The highest BCUT2D eigenvalue weighted by atomic mass is 16.3. The molecule has 2 amide bonds. The van der Waals surface area contributed by atoms with Crippen LogP contribution in [-0.2, 0) is 13.0 Å². The highest BCUT2D eigenvalue weighted by Crippen LogP contribution is 2.24. The number of benzene rings is 1. The Hall–Kier alpha value is -2.34. The van der Waals surface area contributed by atoms with Gasteiger partial charge in [0.05, 0.1) is 18.0 Å². The number of aliphatic hydroxyl groups is 1. The van der Waals surface area contributed by atoms with Crippen LogP contribution in [0.2, 0.25) is 0 Å². The zero-order valence-electron chi connectivity index (χ0n) is 15.3. The van der Waals surface area contributed by atoms with E-state index in [4.69, 9.17) is 0 Å². The summed E-state index contributed by atoms with van der Waals surface area (Å²) in [5, 5.41) is 17.6. The van der Waals surface area contributed by atoms with E-state index >= 15 is 0 Å². The van der Waals surface area contributed by atoms with Gasteiger partial charge in [-0.3, -0.25) is 4.68 Å². The molecule has 26 heavy (non-hydrogen) atoms. The van der Waals surface area contributed by atoms with Crippen LogP contribution in [-0.4, -0.2) is 45.0 Å². The number of rotatable bonds is 6. The van der Waals surface area contributed by atoms with Gasteiger partial charge in [0.25, 0.3) is 0 Å². The standard InChI is InChI=1S/C20H28N4O2/c1-2-24-15-18(14-21-24)22-20(26)23-12-10-17(11-13-23)19(25)9-8-16-6-4-3-5-7-16/h3-7,14-15,17,19,25H,2,8-13H2,1H3,(H,22,26)/t19-/m1/s1. The molecule has 6 nitrogen and oxygen atoms in total. The van der Waals surface area contributed by atoms with Crippen molar-refractivity contribution in [3.8, 4) is 0 Å². The average molecular weight is 356 g/mol. The summed E-state index contributed by atoms with van der Waals surface area (Å²) in [6.45, 7) is 4.15. The van der Waals surface area contributed by atoms with Gasteiger partial charge in [0.2, 0.25) is 0 Å². The van der Waals surface area contributed by atoms with E-state index in [2.05, 4.69) is 22.5 Å². The van der Waals surface area contributed by atoms with Gasteiger partial charge in [0, 0.05) is 25.8 Å². The number of carbonyl (C=O) groups excluding carboxylic acids is 1. The van der Waals surface area contributed by atoms with E-state index in [0.29, 0.717) is 13.1 Å². The second-order valence-corrected chi connectivity index (χ2v) is 6.93. The second-order valence-electron chi connectivity index (χ2n) is 6.93. The van der Waals surface area contributed by atoms with Crippen LogP contribution in [0.3, 0.4) is 0 Å². The number of amides is 2. The van der Waals surface area contributed by atoms with Gasteiger partial charge in [-0.15, -0.1) is 0 Å². The summed E-state index contributed by atoms with van der Waals surface area (Å²) in [6, 6.07) is 10.2. The molecule has 140 valence electrons. The van der Waals surface area contributed by atoms with Crippen molar-refractivity contribution in [2.24, 2.45) is 5.92 Å². The predicted molar refractivity (Wildman–Crippen MR) is 102 cm³/mol. The Morgan fingerprint density at radius 3 is 2.69 bits per heavy atom. The second kappa shape index (κ2) is 8.85. The number of anilines is 1. The fourth-order valence-electron chi connectivity index (χ4n) is 3.49. The molecule has 0 aliphatic carbocycles. The van der Waals surface area contributed by atoms with Crippen LogP contribution in [0.5, 0.6) is 0 Å². The molecule has 2 aromatic rings. The fraction of sp³-hybridized carbons (Fsp3) is 0.500. The molecule has 1 fully saturated rings. The molecule has 2 heterocycles. The third-order valence-electron chi connectivity index (χ3n) is 5.15. The molecule has 0 unspecified atom stereocenters. The van der Waals surface area contributed by atoms with E-state index in [-0.39, 0.29) is 18.1 Å². The minimum absolute atomic E-state index is 0.0853. The quantitative estimate of drug-likeness (QED) is 0.835. The average Bonchev–Trinajstić information content (AvgIpc) is 3.14. The number of likely N-dealkylation sites (tertiary alicyclic amines) is 1. The molecule has 1 saturated heterocycles. The van der Waals surface area contributed by atoms with E-state index in [1.54, 1.807) is 10.9 Å². The molecule has 3 rings (SSSR count). The van der Waals surface area contributed by atoms with Gasteiger partial charge in [0.15, 0.2) is 0 Å². The van der Waals surface area contributed by atoms with E-state index in [1.807, 2.05) is 36.2 Å². The summed E-state index contributed by atoms with van der Waals surface area (Å²) in [6.07, 6.45) is 6.55. The molecular weight excluding hydrogens is 328 g/mol. The van der Waals surface area contributed by atoms with Crippen LogP contribution in [0.25, 0.3) is 0 Å². The lowest BCUT2D eigenvalue weighted by Gasteiger charge is -2.34. The Kier molecular flexibility index (Phi) is 6.28. The van der Waals surface area contributed by atoms with Gasteiger partial charge in [-0.2, -0.15) is 5.10 Å². The number of piperidine rings is 1. The van der Waals surface area contributed by atoms with Gasteiger partial charge in [-0.25, -0.2) is 4.79 Å². The van der Waals surface area contributed by atoms with Crippen molar-refractivity contribution >= 4 is 11.7 Å². The highest BCUT2D eigenvalue weighted by Gasteiger charge is 2.27. The fourth-order valence-corrected chi connectivity index (χ4v) is 3.49. The zero-order chi connectivity index (χ0) is 18.4. The summed E-state index contributed by atoms with van der Waals surface area (Å²) in [5.41, 5.74) is 1.98. The number of nitrogens with one attached hydrogen (secondary N) is 1. The number of hydrogen-bond donors (Lipinski definition) is 2. The molecular formula is C20H28N4O2. The molecule has 1 aliphatic heterocycles. The molecule has 0 radical (unpaired) electrons. The number of aryl methyl sites for hydroxylation is 2. The summed E-state index contributed by atoms with van der Waals surface area (Å²) in [4.78, 5) is 14.2. The third-order valence-corrected chi connectivity index (χ3v) is 5.15. The van der Waals surface area contributed by atoms with Gasteiger partial charge in [0.1, 0.15) is 0 Å². The van der Waals surface area contributed by atoms with Crippen molar-refractivity contribution in [3.05, 3.63) is 48.3 Å². The number of aromatic nitrogens is 2. The summed E-state index contributed by atoms with van der Waals surface area (Å²) < 4.78 is 1.78. The largest absolute Gasteiger partial charge is 0.393 e. The molecule has 0 spiro atoms. The molecule has 0 bridgehead atoms. The van der Waals surface area contributed by atoms with Crippen molar-refractivity contribution in [1.29, 1.82) is 0 Å². The number of hydrogen-bond acceptors (Lipinski definition) is 3. The number of aliphatic hydroxyl groups excluding tert-OH is 1. The number of urea groups is 1. The van der Waals surface area contributed by atoms with Crippen molar-refractivity contribution in [1.82, 2.24) is 14.7 Å². The van der Waals surface area contributed by atoms with E-state index < -0.39 is 0 Å². The maximum absolute atomic E-state index is 12.4. The lowest BCUT2D eigenvalue weighted by atomic mass is 9.88. The van der Waals surface area contributed by atoms with E-state index in [9.17, 15) is 9.90 Å². The monoisotopic (exact) mass is 356 g/mol. The summed E-state index contributed by atoms with van der Waals surface area (Å²) in [7, 11) is 0. The Bertz CT molecular complexity index is 693. The van der Waals surface area contributed by atoms with Crippen LogP contribution in [0.4, 0.5) is 10.5 Å². The SMILES string of the molecule is CCn1cc(NC(=O)N2CCC([C@H](O)CCc3ccccc3)CC2)cn1. The maximum atomic E-state index is 12.4. The summed E-state index contributed by atoms with van der Waals surface area (Å²) >= 11 is 0. The molecule has 0 saturated carbocycles. The first-order chi connectivity index (χ1) is 12.7. The van der Waals surface area contributed by atoms with E-state index in [0.717, 1.165) is 37.9 Å². The number of carbonyl (C=O) groups is 1. The predicted octanol–water partition coefficient (Wildman–Crippen LogP) is 3.14. The Morgan fingerprint density at radius 1 is 1.31 bits per heavy atom. The molecule has 6 heteroatoms. The van der Waals surface area contributed by atoms with Gasteiger partial charge in [-0.1, -0.05) is 30.3 Å². The van der Waals surface area contributed by atoms with Gasteiger partial charge in [-0.05, 0) is 44.1 Å². The first-order valence-electron chi connectivity index (χ1n) is 9.46. The van der Waals surface area contributed by atoms with Gasteiger partial charge >= 0.3 is 6.03 Å². The Balaban J connectivity index is 1.42. The normalized spacial score (nSPS) is 16.5. The van der Waals surface area contributed by atoms with Crippen LogP contribution in [0, 0.1) is 5.92 Å². The van der Waals surface area contributed by atoms with Crippen LogP contribution in [0.1, 0.15) is 31.7 Å². The Labute approximate surface area is 154 Å². The highest BCUT2D eigenvalue weighted by molar-refractivity contribution is 5.89. The third kappa shape index (κ3) is 4.85. The van der Waals surface area contributed by atoms with Crippen molar-refractivity contribution in [2.75, 3.05) is 18.4 Å². The first kappa shape index (κ1) is 18.5. The molecule has 1 atom stereocenters. The van der Waals surface area contributed by atoms with Crippen molar-refractivity contribution in [2.45, 2.75) is 45.3 Å². The van der Waals surface area contributed by atoms with Gasteiger partial charge < -0.3 is 15.3 Å². The summed E-state index contributed by atoms with van der Waals surface area (Å²) in [5.74, 6) is 0.269. The molecule has 2 N–H and O–H groups in total. The Morgan fingerprint density at radius 2 is 2.04 bits per heavy atom.